The molecule has 11 heteroatoms. The minimum atomic E-state index is -2.76. The van der Waals surface area contributed by atoms with E-state index >= 15 is 0 Å². The highest BCUT2D eigenvalue weighted by atomic mass is 19.3. The van der Waals surface area contributed by atoms with E-state index in [1.807, 2.05) is 6.07 Å². The van der Waals surface area contributed by atoms with E-state index in [0.717, 1.165) is 25.7 Å². The lowest BCUT2D eigenvalue weighted by Crippen LogP contribution is -2.44. The number of halogens is 3. The molecular formula is C28H38F3N7O. The molecule has 0 bridgehead atoms. The number of hydrogen-bond donors (Lipinski definition) is 1. The van der Waals surface area contributed by atoms with Gasteiger partial charge in [0.05, 0.1) is 24.2 Å². The van der Waals surface area contributed by atoms with Gasteiger partial charge in [0.2, 0.25) is 5.95 Å². The van der Waals surface area contributed by atoms with Crippen LogP contribution in [0.1, 0.15) is 51.8 Å². The topological polar surface area (TPSA) is 71.3 Å². The van der Waals surface area contributed by atoms with Gasteiger partial charge in [0, 0.05) is 44.3 Å². The summed E-state index contributed by atoms with van der Waals surface area (Å²) in [5, 5.41) is 3.41. The summed E-state index contributed by atoms with van der Waals surface area (Å²) in [5.74, 6) is 1.54. The van der Waals surface area contributed by atoms with Crippen LogP contribution in [-0.4, -0.2) is 82.6 Å². The molecule has 3 aromatic rings. The van der Waals surface area contributed by atoms with Crippen molar-refractivity contribution in [3.63, 3.8) is 0 Å². The molecule has 5 rings (SSSR count). The Bertz CT molecular complexity index is 1220. The Morgan fingerprint density at radius 3 is 2.44 bits per heavy atom. The van der Waals surface area contributed by atoms with Crippen molar-refractivity contribution in [3.8, 4) is 5.82 Å². The fourth-order valence-electron chi connectivity index (χ4n) is 5.88. The molecule has 212 valence electrons. The lowest BCUT2D eigenvalue weighted by Gasteiger charge is -2.39. The van der Waals surface area contributed by atoms with Crippen LogP contribution in [0.4, 0.5) is 24.9 Å². The fourth-order valence-corrected chi connectivity index (χ4v) is 5.88. The number of ether oxygens (including phenoxy) is 1. The fraction of sp³-hybridized carbons (Fsp3) is 0.607. The van der Waals surface area contributed by atoms with Crippen LogP contribution in [0.25, 0.3) is 16.9 Å². The van der Waals surface area contributed by atoms with E-state index in [1.165, 1.54) is 4.57 Å². The Hall–Kier alpha value is -2.92. The van der Waals surface area contributed by atoms with Crippen molar-refractivity contribution in [1.29, 1.82) is 0 Å². The standard InChI is InChI=1S/C28H38F3N7O/c1-19(2)37(12-11-29)21-9-7-20(8-10-21)18-32-28-34-24(36-13-15-39-16-14-36)17-25(35-28)38-23-6-4-3-5-22(23)33-27(38)26(30)31/h3-6,17,19-21,26H,7-16,18H2,1-2H3,(H,32,34,35)/t20-,21-. The monoisotopic (exact) mass is 545 g/mol. The number of rotatable bonds is 10. The zero-order chi connectivity index (χ0) is 27.4. The number of morpholine rings is 1. The number of nitrogens with one attached hydrogen (secondary N) is 1. The Morgan fingerprint density at radius 1 is 1.03 bits per heavy atom. The zero-order valence-electron chi connectivity index (χ0n) is 22.7. The number of nitrogens with zero attached hydrogens (tertiary/aromatic N) is 6. The van der Waals surface area contributed by atoms with Crippen LogP contribution in [0.2, 0.25) is 0 Å². The molecule has 1 saturated carbocycles. The molecule has 2 aliphatic rings. The molecular weight excluding hydrogens is 507 g/mol. The highest BCUT2D eigenvalue weighted by Crippen LogP contribution is 2.31. The molecule has 1 aromatic carbocycles. The van der Waals surface area contributed by atoms with Crippen LogP contribution in [0.5, 0.6) is 0 Å². The molecule has 8 nitrogen and oxygen atoms in total. The maximum Gasteiger partial charge on any atom is 0.296 e. The van der Waals surface area contributed by atoms with E-state index in [-0.39, 0.29) is 12.5 Å². The van der Waals surface area contributed by atoms with Crippen LogP contribution < -0.4 is 10.2 Å². The molecule has 0 atom stereocenters. The quantitative estimate of drug-likeness (QED) is 0.374. The molecule has 39 heavy (non-hydrogen) atoms. The maximum atomic E-state index is 14.1. The SMILES string of the molecule is CC(C)N(CCF)[C@H]1CC[C@H](CNc2nc(N3CCOCC3)cc(-n3c(C(F)F)nc4ccccc43)n2)CC1. The Morgan fingerprint density at radius 2 is 1.74 bits per heavy atom. The van der Waals surface area contributed by atoms with E-state index in [1.54, 1.807) is 24.3 Å². The minimum Gasteiger partial charge on any atom is -0.378 e. The summed E-state index contributed by atoms with van der Waals surface area (Å²) in [6.07, 6.45) is 1.37. The third kappa shape index (κ3) is 6.30. The summed E-state index contributed by atoms with van der Waals surface area (Å²) in [5.41, 5.74) is 1.07. The minimum absolute atomic E-state index is 0.321. The van der Waals surface area contributed by atoms with Crippen molar-refractivity contribution in [2.45, 2.75) is 58.0 Å². The van der Waals surface area contributed by atoms with Gasteiger partial charge < -0.3 is 15.0 Å². The summed E-state index contributed by atoms with van der Waals surface area (Å²) in [6, 6.07) is 9.59. The second-order valence-corrected chi connectivity index (χ2v) is 10.7. The highest BCUT2D eigenvalue weighted by Gasteiger charge is 2.28. The average Bonchev–Trinajstić information content (AvgIpc) is 3.36. The Balaban J connectivity index is 1.38. The second-order valence-electron chi connectivity index (χ2n) is 10.7. The molecule has 2 aromatic heterocycles. The summed E-state index contributed by atoms with van der Waals surface area (Å²) in [6.45, 7) is 7.60. The first-order chi connectivity index (χ1) is 18.9. The number of anilines is 2. The van der Waals surface area contributed by atoms with Crippen LogP contribution >= 0.6 is 0 Å². The number of para-hydroxylation sites is 2. The summed E-state index contributed by atoms with van der Waals surface area (Å²) in [7, 11) is 0. The zero-order valence-corrected chi connectivity index (χ0v) is 22.7. The molecule has 1 saturated heterocycles. The van der Waals surface area contributed by atoms with Gasteiger partial charge in [0.1, 0.15) is 18.3 Å². The van der Waals surface area contributed by atoms with Gasteiger partial charge in [-0.3, -0.25) is 9.47 Å². The molecule has 0 spiro atoms. The van der Waals surface area contributed by atoms with Crippen LogP contribution in [0.15, 0.2) is 30.3 Å². The van der Waals surface area contributed by atoms with Gasteiger partial charge in [-0.15, -0.1) is 0 Å². The summed E-state index contributed by atoms with van der Waals surface area (Å²) >= 11 is 0. The highest BCUT2D eigenvalue weighted by molar-refractivity contribution is 5.78. The molecule has 3 heterocycles. The summed E-state index contributed by atoms with van der Waals surface area (Å²) < 4.78 is 48.2. The van der Waals surface area contributed by atoms with Gasteiger partial charge in [-0.25, -0.2) is 18.2 Å². The van der Waals surface area contributed by atoms with Gasteiger partial charge in [-0.2, -0.15) is 9.97 Å². The van der Waals surface area contributed by atoms with Gasteiger partial charge >= 0.3 is 0 Å². The van der Waals surface area contributed by atoms with Crippen molar-refractivity contribution < 1.29 is 17.9 Å². The Kier molecular flexibility index (Phi) is 8.86. The van der Waals surface area contributed by atoms with Crippen LogP contribution in [-0.2, 0) is 4.74 Å². The first-order valence-corrected chi connectivity index (χ1v) is 14.0. The third-order valence-corrected chi connectivity index (χ3v) is 7.89. The largest absolute Gasteiger partial charge is 0.378 e. The van der Waals surface area contributed by atoms with E-state index in [2.05, 4.69) is 33.9 Å². The van der Waals surface area contributed by atoms with E-state index in [9.17, 15) is 13.2 Å². The van der Waals surface area contributed by atoms with E-state index in [0.29, 0.717) is 86.0 Å². The number of hydrogen-bond acceptors (Lipinski definition) is 7. The van der Waals surface area contributed by atoms with Crippen LogP contribution in [0.3, 0.4) is 0 Å². The molecule has 0 unspecified atom stereocenters. The van der Waals surface area contributed by atoms with Crippen molar-refractivity contribution in [3.05, 3.63) is 36.2 Å². The maximum absolute atomic E-state index is 14.1. The van der Waals surface area contributed by atoms with Crippen molar-refractivity contribution in [2.24, 2.45) is 5.92 Å². The molecule has 1 N–H and O–H groups in total. The van der Waals surface area contributed by atoms with Gasteiger partial charge in [0.25, 0.3) is 6.43 Å². The van der Waals surface area contributed by atoms with E-state index in [4.69, 9.17) is 14.7 Å². The second kappa shape index (κ2) is 12.5. The lowest BCUT2D eigenvalue weighted by molar-refractivity contribution is 0.0993. The van der Waals surface area contributed by atoms with Gasteiger partial charge in [-0.1, -0.05) is 12.1 Å². The number of fused-ring (bicyclic) bond motifs is 1. The van der Waals surface area contributed by atoms with Crippen molar-refractivity contribution in [1.82, 2.24) is 24.4 Å². The molecule has 1 aliphatic heterocycles. The lowest BCUT2D eigenvalue weighted by atomic mass is 9.85. The van der Waals surface area contributed by atoms with E-state index < -0.39 is 6.43 Å². The van der Waals surface area contributed by atoms with Gasteiger partial charge in [-0.05, 0) is 57.6 Å². The van der Waals surface area contributed by atoms with Crippen molar-refractivity contribution >= 4 is 22.8 Å². The Labute approximate surface area is 227 Å². The molecule has 2 fully saturated rings. The smallest absolute Gasteiger partial charge is 0.296 e. The molecule has 1 aliphatic carbocycles. The third-order valence-electron chi connectivity index (χ3n) is 7.89. The summed E-state index contributed by atoms with van der Waals surface area (Å²) in [4.78, 5) is 18.0. The number of alkyl halides is 3. The van der Waals surface area contributed by atoms with Gasteiger partial charge in [0.15, 0.2) is 5.82 Å². The van der Waals surface area contributed by atoms with Crippen LogP contribution in [0, 0.1) is 5.92 Å². The number of aromatic nitrogens is 4. The first-order valence-electron chi connectivity index (χ1n) is 14.0. The predicted molar refractivity (Wildman–Crippen MR) is 147 cm³/mol. The number of imidazole rings is 1. The first kappa shape index (κ1) is 27.6. The predicted octanol–water partition coefficient (Wildman–Crippen LogP) is 5.24. The molecule has 0 radical (unpaired) electrons. The average molecular weight is 546 g/mol. The normalized spacial score (nSPS) is 20.5. The number of benzene rings is 1. The molecule has 0 amide bonds. The van der Waals surface area contributed by atoms with Crippen molar-refractivity contribution in [2.75, 3.05) is 56.3 Å².